The van der Waals surface area contributed by atoms with E-state index in [1.165, 1.54) is 263 Å². The maximum Gasteiger partial charge on any atom is 0.306 e. The van der Waals surface area contributed by atoms with Crippen molar-refractivity contribution in [2.75, 3.05) is 54.1 Å². The molecule has 0 N–H and O–H groups in total. The molecule has 0 bridgehead atoms. The van der Waals surface area contributed by atoms with Crippen LogP contribution in [0.5, 0.6) is 0 Å². The lowest BCUT2D eigenvalue weighted by atomic mass is 10.0. The second-order valence-corrected chi connectivity index (χ2v) is 24.5. The molecule has 0 spiro atoms. The number of carbonyl (C=O) groups is 1. The number of ether oxygens (including phenoxy) is 2. The molecule has 0 amide bonds. The van der Waals surface area contributed by atoms with Crippen molar-refractivity contribution in [1.29, 1.82) is 0 Å². The predicted molar refractivity (Wildman–Crippen MR) is 314 cm³/mol. The van der Waals surface area contributed by atoms with Gasteiger partial charge in [-0.1, -0.05) is 295 Å². The quantitative estimate of drug-likeness (QED) is 0.0197. The van der Waals surface area contributed by atoms with Gasteiger partial charge in [0.25, 0.3) is 7.82 Å². The molecule has 73 heavy (non-hydrogen) atoms. The van der Waals surface area contributed by atoms with E-state index in [1.54, 1.807) is 0 Å². The van der Waals surface area contributed by atoms with Crippen LogP contribution < -0.4 is 4.89 Å². The van der Waals surface area contributed by atoms with E-state index in [0.717, 1.165) is 38.5 Å². The smallest absolute Gasteiger partial charge is 0.306 e. The van der Waals surface area contributed by atoms with Crippen LogP contribution in [0, 0.1) is 0 Å². The number of unbranched alkanes of at least 4 members (excludes halogenated alkanes) is 43. The summed E-state index contributed by atoms with van der Waals surface area (Å²) in [7, 11) is 1.38. The molecule has 8 nitrogen and oxygen atoms in total. The first-order chi connectivity index (χ1) is 35.6. The van der Waals surface area contributed by atoms with E-state index in [0.29, 0.717) is 24.1 Å². The van der Waals surface area contributed by atoms with Crippen molar-refractivity contribution in [1.82, 2.24) is 0 Å². The minimum absolute atomic E-state index is 0.0294. The maximum absolute atomic E-state index is 12.8. The Morgan fingerprint density at radius 2 is 0.753 bits per heavy atom. The number of allylic oxidation sites excluding steroid dienone is 4. The normalized spacial score (nSPS) is 13.5. The highest BCUT2D eigenvalue weighted by atomic mass is 31.2. The zero-order chi connectivity index (χ0) is 53.3. The number of phosphoric acid groups is 1. The van der Waals surface area contributed by atoms with Crippen molar-refractivity contribution >= 4 is 13.8 Å². The van der Waals surface area contributed by atoms with Gasteiger partial charge in [-0.2, -0.15) is 0 Å². The second kappa shape index (κ2) is 57.2. The molecule has 0 aliphatic rings. The topological polar surface area (TPSA) is 94.1 Å². The lowest BCUT2D eigenvalue weighted by Gasteiger charge is -2.28. The van der Waals surface area contributed by atoms with Crippen molar-refractivity contribution in [3.05, 3.63) is 24.3 Å². The van der Waals surface area contributed by atoms with Gasteiger partial charge in [-0.3, -0.25) is 9.36 Å². The summed E-state index contributed by atoms with van der Waals surface area (Å²) in [6, 6.07) is 0. The number of esters is 1. The Labute approximate surface area is 455 Å². The van der Waals surface area contributed by atoms with Crippen LogP contribution in [0.2, 0.25) is 0 Å². The van der Waals surface area contributed by atoms with Crippen LogP contribution in [-0.2, 0) is 27.9 Å². The zero-order valence-corrected chi connectivity index (χ0v) is 50.5. The maximum atomic E-state index is 12.8. The molecule has 0 aliphatic heterocycles. The standard InChI is InChI=1S/C64H126NO7P/c1-6-8-10-12-14-16-18-20-22-24-26-28-30-32-34-36-38-40-42-44-46-48-50-52-54-56-59-69-61-63(62-71-73(67,68)70-60-58-65(3,4)5)72-64(66)57-55-53-51-49-47-45-43-41-39-37-35-33-31-29-27-25-23-21-19-17-15-13-11-9-7-2/h18,20,24,26,63H,6-17,19,21-23,25,27-62H2,1-5H3/b20-18-,26-24-. The molecular formula is C64H126NO7P. The Morgan fingerprint density at radius 3 is 1.11 bits per heavy atom. The second-order valence-electron chi connectivity index (χ2n) is 23.1. The van der Waals surface area contributed by atoms with Crippen molar-refractivity contribution in [3.63, 3.8) is 0 Å². The Balaban J connectivity index is 3.97. The van der Waals surface area contributed by atoms with E-state index >= 15 is 0 Å². The third-order valence-electron chi connectivity index (χ3n) is 14.5. The highest BCUT2D eigenvalue weighted by molar-refractivity contribution is 7.45. The number of hydrogen-bond donors (Lipinski definition) is 0. The van der Waals surface area contributed by atoms with Gasteiger partial charge in [-0.25, -0.2) is 0 Å². The molecule has 0 fully saturated rings. The molecule has 2 unspecified atom stereocenters. The van der Waals surface area contributed by atoms with Crippen LogP contribution >= 0.6 is 7.82 Å². The average molecular weight is 1050 g/mol. The molecule has 0 aromatic carbocycles. The van der Waals surface area contributed by atoms with E-state index in [4.69, 9.17) is 18.5 Å². The van der Waals surface area contributed by atoms with Crippen molar-refractivity contribution in [2.24, 2.45) is 0 Å². The van der Waals surface area contributed by atoms with Gasteiger partial charge in [-0.05, 0) is 44.9 Å². The Morgan fingerprint density at radius 1 is 0.425 bits per heavy atom. The van der Waals surface area contributed by atoms with Crippen LogP contribution in [-0.4, -0.2) is 70.7 Å². The SMILES string of the molecule is CCCCCCC/C=C\C/C=C\CCCCCCCCCCCCCCCCOCC(COP(=O)([O-])OCC[N+](C)(C)C)OC(=O)CCCCCCCCCCCCCCCCCCCCCCCCCCC. The van der Waals surface area contributed by atoms with Gasteiger partial charge in [-0.15, -0.1) is 0 Å². The fourth-order valence-corrected chi connectivity index (χ4v) is 10.3. The van der Waals surface area contributed by atoms with Gasteiger partial charge in [0.1, 0.15) is 19.3 Å². The Bertz CT molecular complexity index is 1220. The van der Waals surface area contributed by atoms with E-state index in [1.807, 2.05) is 21.1 Å². The van der Waals surface area contributed by atoms with Gasteiger partial charge in [0.2, 0.25) is 0 Å². The molecule has 0 rings (SSSR count). The summed E-state index contributed by atoms with van der Waals surface area (Å²) in [5, 5.41) is 0. The summed E-state index contributed by atoms with van der Waals surface area (Å²) in [5.41, 5.74) is 0. The molecule has 0 saturated heterocycles. The summed E-state index contributed by atoms with van der Waals surface area (Å²) >= 11 is 0. The molecule has 0 heterocycles. The lowest BCUT2D eigenvalue weighted by Crippen LogP contribution is -2.37. The molecular weight excluding hydrogens is 926 g/mol. The first kappa shape index (κ1) is 72.0. The molecule has 2 atom stereocenters. The number of rotatable bonds is 61. The molecule has 0 aromatic rings. The zero-order valence-electron chi connectivity index (χ0n) is 49.6. The molecule has 9 heteroatoms. The molecule has 0 aromatic heterocycles. The predicted octanol–water partition coefficient (Wildman–Crippen LogP) is 20.0. The summed E-state index contributed by atoms with van der Waals surface area (Å²) < 4.78 is 35.0. The number of carbonyl (C=O) groups excluding carboxylic acids is 1. The first-order valence-corrected chi connectivity index (χ1v) is 33.5. The molecule has 434 valence electrons. The highest BCUT2D eigenvalue weighted by Crippen LogP contribution is 2.38. The minimum Gasteiger partial charge on any atom is -0.756 e. The third-order valence-corrected chi connectivity index (χ3v) is 15.5. The van der Waals surface area contributed by atoms with E-state index in [9.17, 15) is 14.3 Å². The summed E-state index contributed by atoms with van der Waals surface area (Å²) in [5.74, 6) is -0.325. The van der Waals surface area contributed by atoms with Crippen LogP contribution in [0.25, 0.3) is 0 Å². The van der Waals surface area contributed by atoms with Gasteiger partial charge in [0.15, 0.2) is 0 Å². The number of quaternary nitrogens is 1. The number of nitrogens with zero attached hydrogens (tertiary/aromatic N) is 1. The van der Waals surface area contributed by atoms with Crippen LogP contribution in [0.1, 0.15) is 322 Å². The van der Waals surface area contributed by atoms with E-state index in [-0.39, 0.29) is 25.8 Å². The highest BCUT2D eigenvalue weighted by Gasteiger charge is 2.20. The number of hydrogen-bond acceptors (Lipinski definition) is 7. The largest absolute Gasteiger partial charge is 0.756 e. The fraction of sp³-hybridized carbons (Fsp3) is 0.922. The average Bonchev–Trinajstić information content (AvgIpc) is 3.35. The minimum atomic E-state index is -4.53. The number of phosphoric ester groups is 1. The molecule has 0 saturated carbocycles. The molecule has 0 aliphatic carbocycles. The summed E-state index contributed by atoms with van der Waals surface area (Å²) in [6.45, 7) is 5.48. The van der Waals surface area contributed by atoms with Gasteiger partial charge < -0.3 is 27.9 Å². The summed E-state index contributed by atoms with van der Waals surface area (Å²) in [6.07, 6.45) is 71.0. The van der Waals surface area contributed by atoms with Crippen molar-refractivity contribution < 1.29 is 37.3 Å². The van der Waals surface area contributed by atoms with Crippen LogP contribution in [0.3, 0.4) is 0 Å². The van der Waals surface area contributed by atoms with E-state index in [2.05, 4.69) is 38.2 Å². The summed E-state index contributed by atoms with van der Waals surface area (Å²) in [4.78, 5) is 25.3. The van der Waals surface area contributed by atoms with E-state index < -0.39 is 13.9 Å². The van der Waals surface area contributed by atoms with Gasteiger partial charge >= 0.3 is 5.97 Å². The monoisotopic (exact) mass is 1050 g/mol. The fourth-order valence-electron chi connectivity index (χ4n) is 9.58. The molecule has 0 radical (unpaired) electrons. The van der Waals surface area contributed by atoms with Crippen LogP contribution in [0.15, 0.2) is 24.3 Å². The van der Waals surface area contributed by atoms with Crippen molar-refractivity contribution in [2.45, 2.75) is 328 Å². The lowest BCUT2D eigenvalue weighted by molar-refractivity contribution is -0.870. The Hall–Kier alpha value is -1.02. The van der Waals surface area contributed by atoms with Gasteiger partial charge in [0, 0.05) is 13.0 Å². The third kappa shape index (κ3) is 61.7. The number of likely N-dealkylation sites (N-methyl/N-ethyl adjacent to an activating group) is 1. The van der Waals surface area contributed by atoms with Gasteiger partial charge in [0.05, 0.1) is 34.4 Å². The Kier molecular flexibility index (Phi) is 56.4. The first-order valence-electron chi connectivity index (χ1n) is 32.1. The van der Waals surface area contributed by atoms with Crippen molar-refractivity contribution in [3.8, 4) is 0 Å². The van der Waals surface area contributed by atoms with Crippen LogP contribution in [0.4, 0.5) is 0 Å².